The molecule has 0 atom stereocenters. The van der Waals surface area contributed by atoms with Gasteiger partial charge in [0.1, 0.15) is 14.7 Å². The lowest BCUT2D eigenvalue weighted by atomic mass is 10.2. The van der Waals surface area contributed by atoms with Crippen molar-refractivity contribution < 1.29 is 13.2 Å². The van der Waals surface area contributed by atoms with Crippen molar-refractivity contribution in [2.75, 3.05) is 32.1 Å². The van der Waals surface area contributed by atoms with Gasteiger partial charge in [-0.2, -0.15) is 0 Å². The largest absolute Gasteiger partial charge is 0.340 e. The Hall–Kier alpha value is -1.36. The number of nitrogens with two attached hydrogens (primary N) is 1. The fourth-order valence-electron chi connectivity index (χ4n) is 1.30. The number of hydrogen-bond acceptors (Lipinski definition) is 5. The third-order valence-corrected chi connectivity index (χ3v) is 4.16. The minimum Gasteiger partial charge on any atom is -0.340 e. The second kappa shape index (κ2) is 6.70. The summed E-state index contributed by atoms with van der Waals surface area (Å²) in [5, 5.41) is 1.78. The summed E-state index contributed by atoms with van der Waals surface area (Å²) in [4.78, 5) is 14.0. The first-order chi connectivity index (χ1) is 8.85. The van der Waals surface area contributed by atoms with Crippen molar-refractivity contribution in [2.45, 2.75) is 0 Å². The lowest BCUT2D eigenvalue weighted by Crippen LogP contribution is -2.31. The summed E-state index contributed by atoms with van der Waals surface area (Å²) < 4.78 is 22.2. The molecule has 0 aromatic carbocycles. The van der Waals surface area contributed by atoms with Gasteiger partial charge in [0, 0.05) is 25.4 Å². The van der Waals surface area contributed by atoms with Gasteiger partial charge in [-0.15, -0.1) is 11.3 Å². The molecule has 0 aliphatic heterocycles. The molecule has 7 heteroatoms. The molecule has 0 saturated carbocycles. The van der Waals surface area contributed by atoms with Crippen molar-refractivity contribution in [2.24, 2.45) is 5.73 Å². The fraction of sp³-hybridized carbons (Fsp3) is 0.417. The zero-order valence-corrected chi connectivity index (χ0v) is 12.5. The average molecular weight is 300 g/mol. The van der Waals surface area contributed by atoms with Crippen LogP contribution in [0, 0.1) is 11.8 Å². The van der Waals surface area contributed by atoms with Crippen LogP contribution in [0.4, 0.5) is 0 Å². The second-order valence-electron chi connectivity index (χ2n) is 4.03. The van der Waals surface area contributed by atoms with E-state index in [9.17, 15) is 13.2 Å². The van der Waals surface area contributed by atoms with Crippen LogP contribution < -0.4 is 5.73 Å². The van der Waals surface area contributed by atoms with Crippen molar-refractivity contribution in [3.8, 4) is 11.8 Å². The van der Waals surface area contributed by atoms with Crippen LogP contribution >= 0.6 is 11.3 Å². The standard InChI is InChI=1S/C12H16N2O3S2/c1-14(7-9-19(2,16)17)12(15)11-10(4-3-6-13)5-8-18-11/h5,8H,6-7,9,13H2,1-2H3. The van der Waals surface area contributed by atoms with Gasteiger partial charge in [-0.1, -0.05) is 11.8 Å². The topological polar surface area (TPSA) is 80.5 Å². The molecule has 0 saturated heterocycles. The van der Waals surface area contributed by atoms with E-state index in [4.69, 9.17) is 5.73 Å². The number of rotatable bonds is 4. The molecule has 1 rings (SSSR count). The lowest BCUT2D eigenvalue weighted by Gasteiger charge is -2.15. The number of sulfone groups is 1. The molecule has 1 heterocycles. The van der Waals surface area contributed by atoms with Crippen molar-refractivity contribution >= 4 is 27.1 Å². The van der Waals surface area contributed by atoms with Gasteiger partial charge in [-0.3, -0.25) is 4.79 Å². The van der Waals surface area contributed by atoms with E-state index >= 15 is 0 Å². The maximum absolute atomic E-state index is 12.1. The van der Waals surface area contributed by atoms with Gasteiger partial charge in [0.2, 0.25) is 0 Å². The van der Waals surface area contributed by atoms with E-state index in [1.165, 1.54) is 16.2 Å². The molecular weight excluding hydrogens is 284 g/mol. The highest BCUT2D eigenvalue weighted by Gasteiger charge is 2.17. The highest BCUT2D eigenvalue weighted by molar-refractivity contribution is 7.90. The number of amides is 1. The molecular formula is C12H16N2O3S2. The maximum atomic E-state index is 12.1. The van der Waals surface area contributed by atoms with Crippen LogP contribution in [0.3, 0.4) is 0 Å². The highest BCUT2D eigenvalue weighted by atomic mass is 32.2. The first kappa shape index (κ1) is 15.7. The highest BCUT2D eigenvalue weighted by Crippen LogP contribution is 2.17. The van der Waals surface area contributed by atoms with E-state index in [1.807, 2.05) is 0 Å². The number of carbonyl (C=O) groups is 1. The van der Waals surface area contributed by atoms with E-state index in [0.717, 1.165) is 6.26 Å². The van der Waals surface area contributed by atoms with Gasteiger partial charge in [0.15, 0.2) is 0 Å². The van der Waals surface area contributed by atoms with Gasteiger partial charge >= 0.3 is 0 Å². The summed E-state index contributed by atoms with van der Waals surface area (Å²) in [7, 11) is -1.50. The Morgan fingerprint density at radius 1 is 1.53 bits per heavy atom. The van der Waals surface area contributed by atoms with Gasteiger partial charge in [0.25, 0.3) is 5.91 Å². The number of carbonyl (C=O) groups excluding carboxylic acids is 1. The van der Waals surface area contributed by atoms with Gasteiger partial charge < -0.3 is 10.6 Å². The van der Waals surface area contributed by atoms with Crippen LogP contribution in [-0.2, 0) is 9.84 Å². The second-order valence-corrected chi connectivity index (χ2v) is 7.20. The van der Waals surface area contributed by atoms with E-state index in [-0.39, 0.29) is 24.7 Å². The Bertz CT molecular complexity index is 608. The first-order valence-corrected chi connectivity index (χ1v) is 8.49. The van der Waals surface area contributed by atoms with Crippen LogP contribution in [0.15, 0.2) is 11.4 Å². The third kappa shape index (κ3) is 5.03. The van der Waals surface area contributed by atoms with Crippen LogP contribution in [0.25, 0.3) is 0 Å². The zero-order chi connectivity index (χ0) is 14.5. The molecule has 0 aliphatic rings. The molecule has 1 aromatic rings. The molecule has 5 nitrogen and oxygen atoms in total. The predicted octanol–water partition coefficient (Wildman–Crippen LogP) is 0.175. The summed E-state index contributed by atoms with van der Waals surface area (Å²) >= 11 is 1.29. The van der Waals surface area contributed by atoms with Gasteiger partial charge in [-0.05, 0) is 11.4 Å². The normalized spacial score (nSPS) is 10.7. The van der Waals surface area contributed by atoms with Gasteiger partial charge in [-0.25, -0.2) is 8.42 Å². The first-order valence-electron chi connectivity index (χ1n) is 5.55. The Balaban J connectivity index is 2.80. The minimum absolute atomic E-state index is 0.0512. The van der Waals surface area contributed by atoms with Crippen molar-refractivity contribution in [1.29, 1.82) is 0 Å². The van der Waals surface area contributed by atoms with Crippen molar-refractivity contribution in [3.63, 3.8) is 0 Å². The predicted molar refractivity (Wildman–Crippen MR) is 76.9 cm³/mol. The van der Waals surface area contributed by atoms with E-state index in [2.05, 4.69) is 11.8 Å². The molecule has 104 valence electrons. The molecule has 1 aromatic heterocycles. The quantitative estimate of drug-likeness (QED) is 0.804. The number of hydrogen-bond donors (Lipinski definition) is 1. The minimum atomic E-state index is -3.08. The summed E-state index contributed by atoms with van der Waals surface area (Å²) in [6.07, 6.45) is 1.15. The van der Waals surface area contributed by atoms with Gasteiger partial charge in [0.05, 0.1) is 12.3 Å². The zero-order valence-electron chi connectivity index (χ0n) is 10.8. The Kier molecular flexibility index (Phi) is 5.54. The molecule has 0 bridgehead atoms. The van der Waals surface area contributed by atoms with Crippen molar-refractivity contribution in [3.05, 3.63) is 21.9 Å². The Labute approximate surface area is 117 Å². The monoisotopic (exact) mass is 300 g/mol. The van der Waals surface area contributed by atoms with Crippen LogP contribution in [0.1, 0.15) is 15.2 Å². The SMILES string of the molecule is CN(CCS(C)(=O)=O)C(=O)c1sccc1C#CCN. The summed E-state index contributed by atoms with van der Waals surface area (Å²) in [6, 6.07) is 1.75. The molecule has 2 N–H and O–H groups in total. The molecule has 0 radical (unpaired) electrons. The molecule has 0 spiro atoms. The van der Waals surface area contributed by atoms with E-state index in [1.54, 1.807) is 18.5 Å². The van der Waals surface area contributed by atoms with Crippen LogP contribution in [0.5, 0.6) is 0 Å². The smallest absolute Gasteiger partial charge is 0.264 e. The average Bonchev–Trinajstić information content (AvgIpc) is 2.79. The fourth-order valence-corrected chi connectivity index (χ4v) is 2.75. The molecule has 0 unspecified atom stereocenters. The number of thiophene rings is 1. The van der Waals surface area contributed by atoms with E-state index < -0.39 is 9.84 Å². The maximum Gasteiger partial charge on any atom is 0.264 e. The van der Waals surface area contributed by atoms with E-state index in [0.29, 0.717) is 10.4 Å². The lowest BCUT2D eigenvalue weighted by molar-refractivity contribution is 0.0808. The number of nitrogens with zero attached hydrogens (tertiary/aromatic N) is 1. The molecule has 0 fully saturated rings. The Morgan fingerprint density at radius 2 is 2.21 bits per heavy atom. The molecule has 0 aliphatic carbocycles. The molecule has 19 heavy (non-hydrogen) atoms. The van der Waals surface area contributed by atoms with Crippen LogP contribution in [0.2, 0.25) is 0 Å². The van der Waals surface area contributed by atoms with Crippen molar-refractivity contribution in [1.82, 2.24) is 4.90 Å². The summed E-state index contributed by atoms with van der Waals surface area (Å²) in [5.41, 5.74) is 5.93. The summed E-state index contributed by atoms with van der Waals surface area (Å²) in [6.45, 7) is 0.396. The molecule has 1 amide bonds. The Morgan fingerprint density at radius 3 is 2.79 bits per heavy atom. The van der Waals surface area contributed by atoms with Crippen LogP contribution in [-0.4, -0.2) is 51.4 Å². The summed E-state index contributed by atoms with van der Waals surface area (Å²) in [5.74, 6) is 5.26. The third-order valence-electron chi connectivity index (χ3n) is 2.33.